The van der Waals surface area contributed by atoms with Crippen LogP contribution in [0.15, 0.2) is 29.2 Å². The van der Waals surface area contributed by atoms with E-state index in [0.717, 1.165) is 5.56 Å². The molecule has 0 heterocycles. The summed E-state index contributed by atoms with van der Waals surface area (Å²) in [7, 11) is -0.781. The average molecular weight is 370 g/mol. The van der Waals surface area contributed by atoms with Gasteiger partial charge in [0.15, 0.2) is 6.61 Å². The standard InChI is InChI=1S/C17H26N2O5S/c1-12(2)10-15(17(21)24-11-16(20)19(4)5)18-25(22,23)14-8-6-13(3)7-9-14/h6-9,12,15,18H,10-11H2,1-5H3/t15-/m0/s1. The lowest BCUT2D eigenvalue weighted by Crippen LogP contribution is -2.43. The highest BCUT2D eigenvalue weighted by Crippen LogP contribution is 2.14. The van der Waals surface area contributed by atoms with E-state index in [1.807, 2.05) is 20.8 Å². The molecular formula is C17H26N2O5S. The summed E-state index contributed by atoms with van der Waals surface area (Å²) < 4.78 is 32.3. The molecule has 8 heteroatoms. The molecule has 1 aromatic carbocycles. The van der Waals surface area contributed by atoms with E-state index in [1.165, 1.54) is 17.0 Å². The average Bonchev–Trinajstić information content (AvgIpc) is 2.51. The molecule has 1 N–H and O–H groups in total. The normalized spacial score (nSPS) is 12.7. The molecule has 0 radical (unpaired) electrons. The van der Waals surface area contributed by atoms with E-state index in [1.54, 1.807) is 26.2 Å². The first-order chi connectivity index (χ1) is 11.5. The van der Waals surface area contributed by atoms with Gasteiger partial charge in [-0.3, -0.25) is 9.59 Å². The summed E-state index contributed by atoms with van der Waals surface area (Å²) in [5.41, 5.74) is 0.930. The number of nitrogens with one attached hydrogen (secondary N) is 1. The van der Waals surface area contributed by atoms with E-state index >= 15 is 0 Å². The van der Waals surface area contributed by atoms with Gasteiger partial charge in [-0.25, -0.2) is 8.42 Å². The van der Waals surface area contributed by atoms with E-state index in [9.17, 15) is 18.0 Å². The zero-order valence-electron chi connectivity index (χ0n) is 15.3. The summed E-state index contributed by atoms with van der Waals surface area (Å²) in [5, 5.41) is 0. The summed E-state index contributed by atoms with van der Waals surface area (Å²) in [4.78, 5) is 25.2. The lowest BCUT2D eigenvalue weighted by Gasteiger charge is -2.20. The summed E-state index contributed by atoms with van der Waals surface area (Å²) >= 11 is 0. The van der Waals surface area contributed by atoms with E-state index < -0.39 is 28.6 Å². The fraction of sp³-hybridized carbons (Fsp3) is 0.529. The molecule has 1 aromatic rings. The SMILES string of the molecule is Cc1ccc(S(=O)(=O)N[C@@H](CC(C)C)C(=O)OCC(=O)N(C)C)cc1. The van der Waals surface area contributed by atoms with Crippen molar-refractivity contribution in [3.8, 4) is 0 Å². The van der Waals surface area contributed by atoms with Crippen molar-refractivity contribution in [2.45, 2.75) is 38.1 Å². The van der Waals surface area contributed by atoms with Gasteiger partial charge in [0.1, 0.15) is 6.04 Å². The van der Waals surface area contributed by atoms with Gasteiger partial charge in [0.05, 0.1) is 4.90 Å². The summed E-state index contributed by atoms with van der Waals surface area (Å²) in [6.07, 6.45) is 0.264. The highest BCUT2D eigenvalue weighted by atomic mass is 32.2. The van der Waals surface area contributed by atoms with Gasteiger partial charge in [0, 0.05) is 14.1 Å². The first kappa shape index (κ1) is 21.1. The zero-order valence-corrected chi connectivity index (χ0v) is 16.1. The maximum absolute atomic E-state index is 12.5. The Morgan fingerprint density at radius 2 is 1.72 bits per heavy atom. The second kappa shape index (κ2) is 8.96. The number of aryl methyl sites for hydroxylation is 1. The van der Waals surface area contributed by atoms with E-state index in [2.05, 4.69) is 4.72 Å². The minimum Gasteiger partial charge on any atom is -0.454 e. The molecule has 1 amide bonds. The van der Waals surface area contributed by atoms with Crippen LogP contribution in [0.1, 0.15) is 25.8 Å². The summed E-state index contributed by atoms with van der Waals surface area (Å²) in [5.74, 6) is -1.08. The van der Waals surface area contributed by atoms with Gasteiger partial charge < -0.3 is 9.64 Å². The number of carbonyl (C=O) groups is 2. The van der Waals surface area contributed by atoms with Crippen molar-refractivity contribution in [1.29, 1.82) is 0 Å². The monoisotopic (exact) mass is 370 g/mol. The number of rotatable bonds is 8. The number of hydrogen-bond donors (Lipinski definition) is 1. The van der Waals surface area contributed by atoms with Gasteiger partial charge >= 0.3 is 5.97 Å². The smallest absolute Gasteiger partial charge is 0.324 e. The van der Waals surface area contributed by atoms with Crippen LogP contribution in [0.25, 0.3) is 0 Å². The van der Waals surface area contributed by atoms with Gasteiger partial charge in [-0.15, -0.1) is 0 Å². The van der Waals surface area contributed by atoms with Gasteiger partial charge in [0.25, 0.3) is 5.91 Å². The van der Waals surface area contributed by atoms with Crippen LogP contribution in [-0.4, -0.2) is 51.9 Å². The first-order valence-corrected chi connectivity index (χ1v) is 9.47. The molecule has 0 spiro atoms. The number of likely N-dealkylation sites (N-methyl/N-ethyl adjacent to an activating group) is 1. The number of ether oxygens (including phenoxy) is 1. The third-order valence-corrected chi connectivity index (χ3v) is 4.94. The Balaban J connectivity index is 2.89. The largest absolute Gasteiger partial charge is 0.454 e. The van der Waals surface area contributed by atoms with Gasteiger partial charge in [0.2, 0.25) is 10.0 Å². The van der Waals surface area contributed by atoms with Gasteiger partial charge in [-0.05, 0) is 31.4 Å². The lowest BCUT2D eigenvalue weighted by atomic mass is 10.1. The molecular weight excluding hydrogens is 344 g/mol. The molecule has 0 fully saturated rings. The molecule has 0 saturated carbocycles. The predicted octanol–water partition coefficient (Wildman–Crippen LogP) is 1.32. The Bertz CT molecular complexity index is 696. The Morgan fingerprint density at radius 1 is 1.16 bits per heavy atom. The van der Waals surface area contributed by atoms with Crippen molar-refractivity contribution in [2.24, 2.45) is 5.92 Å². The van der Waals surface area contributed by atoms with Crippen molar-refractivity contribution in [3.05, 3.63) is 29.8 Å². The third-order valence-electron chi connectivity index (χ3n) is 3.46. The number of amides is 1. The van der Waals surface area contributed by atoms with Crippen molar-refractivity contribution in [3.63, 3.8) is 0 Å². The number of nitrogens with zero attached hydrogens (tertiary/aromatic N) is 1. The van der Waals surface area contributed by atoms with E-state index in [4.69, 9.17) is 4.74 Å². The van der Waals surface area contributed by atoms with Crippen molar-refractivity contribution in [2.75, 3.05) is 20.7 Å². The molecule has 25 heavy (non-hydrogen) atoms. The minimum atomic E-state index is -3.87. The molecule has 0 saturated heterocycles. The van der Waals surface area contributed by atoms with E-state index in [0.29, 0.717) is 0 Å². The Morgan fingerprint density at radius 3 is 2.20 bits per heavy atom. The van der Waals surface area contributed by atoms with Crippen molar-refractivity contribution < 1.29 is 22.7 Å². The van der Waals surface area contributed by atoms with E-state index in [-0.39, 0.29) is 23.1 Å². The van der Waals surface area contributed by atoms with Gasteiger partial charge in [-0.1, -0.05) is 31.5 Å². The van der Waals surface area contributed by atoms with Crippen LogP contribution in [0, 0.1) is 12.8 Å². The quantitative estimate of drug-likeness (QED) is 0.697. The van der Waals surface area contributed by atoms with Gasteiger partial charge in [-0.2, -0.15) is 4.72 Å². The van der Waals surface area contributed by atoms with Crippen LogP contribution in [0.2, 0.25) is 0 Å². The number of sulfonamides is 1. The van der Waals surface area contributed by atoms with Crippen LogP contribution >= 0.6 is 0 Å². The zero-order chi connectivity index (χ0) is 19.2. The highest BCUT2D eigenvalue weighted by Gasteiger charge is 2.28. The second-order valence-electron chi connectivity index (χ2n) is 6.51. The number of hydrogen-bond acceptors (Lipinski definition) is 5. The van der Waals surface area contributed by atoms with Crippen LogP contribution in [0.3, 0.4) is 0 Å². The molecule has 1 rings (SSSR count). The van der Waals surface area contributed by atoms with Crippen LogP contribution in [0.5, 0.6) is 0 Å². The fourth-order valence-electron chi connectivity index (χ4n) is 2.00. The maximum atomic E-state index is 12.5. The molecule has 0 aliphatic carbocycles. The predicted molar refractivity (Wildman–Crippen MR) is 94.4 cm³/mol. The third kappa shape index (κ3) is 6.83. The molecule has 140 valence electrons. The lowest BCUT2D eigenvalue weighted by molar-refractivity contribution is -0.152. The van der Waals surface area contributed by atoms with Crippen LogP contribution in [-0.2, 0) is 24.3 Å². The number of carbonyl (C=O) groups excluding carboxylic acids is 2. The number of benzene rings is 1. The van der Waals surface area contributed by atoms with Crippen LogP contribution in [0.4, 0.5) is 0 Å². The summed E-state index contributed by atoms with van der Waals surface area (Å²) in [6.45, 7) is 5.16. The Kier molecular flexibility index (Phi) is 7.57. The maximum Gasteiger partial charge on any atom is 0.324 e. The molecule has 0 aliphatic heterocycles. The van der Waals surface area contributed by atoms with Crippen LogP contribution < -0.4 is 4.72 Å². The molecule has 7 nitrogen and oxygen atoms in total. The minimum absolute atomic E-state index is 0.0582. The molecule has 0 aliphatic rings. The molecule has 0 bridgehead atoms. The summed E-state index contributed by atoms with van der Waals surface area (Å²) in [6, 6.07) is 5.26. The first-order valence-electron chi connectivity index (χ1n) is 7.98. The fourth-order valence-corrected chi connectivity index (χ4v) is 3.20. The topological polar surface area (TPSA) is 92.8 Å². The molecule has 1 atom stereocenters. The molecule has 0 unspecified atom stereocenters. The highest BCUT2D eigenvalue weighted by molar-refractivity contribution is 7.89. The van der Waals surface area contributed by atoms with Crippen molar-refractivity contribution >= 4 is 21.9 Å². The second-order valence-corrected chi connectivity index (χ2v) is 8.23. The Hall–Kier alpha value is -1.93. The number of esters is 1. The Labute approximate surface area is 149 Å². The molecule has 0 aromatic heterocycles. The van der Waals surface area contributed by atoms with Crippen molar-refractivity contribution in [1.82, 2.24) is 9.62 Å².